The van der Waals surface area contributed by atoms with E-state index in [2.05, 4.69) is 40.3 Å². The first-order chi connectivity index (χ1) is 14.6. The van der Waals surface area contributed by atoms with Gasteiger partial charge in [-0.2, -0.15) is 5.10 Å². The highest BCUT2D eigenvalue weighted by atomic mass is 16.4. The van der Waals surface area contributed by atoms with E-state index in [1.165, 1.54) is 28.0 Å². The number of carbonyl (C=O) groups is 1. The molecular weight excluding hydrogens is 376 g/mol. The molecule has 154 valence electrons. The summed E-state index contributed by atoms with van der Waals surface area (Å²) in [6, 6.07) is 16.6. The second-order valence-electron chi connectivity index (χ2n) is 8.31. The predicted molar refractivity (Wildman–Crippen MR) is 118 cm³/mol. The van der Waals surface area contributed by atoms with Gasteiger partial charge in [0.05, 0.1) is 11.4 Å². The third-order valence-corrected chi connectivity index (χ3v) is 6.56. The molecule has 30 heavy (non-hydrogen) atoms. The van der Waals surface area contributed by atoms with Gasteiger partial charge in [-0.25, -0.2) is 4.79 Å². The SMILES string of the molecule is CN1CCCC1CCN(C(=O)O)c1ccc(-c2n[nH]c3c2Cc2ccccc2-3)cc1. The second-order valence-corrected chi connectivity index (χ2v) is 8.31. The van der Waals surface area contributed by atoms with Crippen LogP contribution in [-0.4, -0.2) is 52.5 Å². The van der Waals surface area contributed by atoms with Crippen molar-refractivity contribution in [1.29, 1.82) is 0 Å². The molecule has 6 heteroatoms. The van der Waals surface area contributed by atoms with E-state index in [9.17, 15) is 9.90 Å². The lowest BCUT2D eigenvalue weighted by atomic mass is 10.0. The molecule has 6 nitrogen and oxygen atoms in total. The van der Waals surface area contributed by atoms with Gasteiger partial charge in [0.1, 0.15) is 0 Å². The van der Waals surface area contributed by atoms with Crippen LogP contribution in [0.1, 0.15) is 30.4 Å². The molecule has 3 aromatic rings. The number of nitrogens with zero attached hydrogens (tertiary/aromatic N) is 3. The van der Waals surface area contributed by atoms with Crippen molar-refractivity contribution in [3.8, 4) is 22.5 Å². The normalized spacial score (nSPS) is 17.7. The van der Waals surface area contributed by atoms with E-state index < -0.39 is 6.09 Å². The number of aromatic amines is 1. The first-order valence-corrected chi connectivity index (χ1v) is 10.6. The summed E-state index contributed by atoms with van der Waals surface area (Å²) in [7, 11) is 2.12. The number of rotatable bonds is 5. The summed E-state index contributed by atoms with van der Waals surface area (Å²) in [5.41, 5.74) is 7.50. The molecule has 1 aromatic heterocycles. The summed E-state index contributed by atoms with van der Waals surface area (Å²) in [5, 5.41) is 17.5. The first-order valence-electron chi connectivity index (χ1n) is 10.6. The fraction of sp³-hybridized carbons (Fsp3) is 0.333. The van der Waals surface area contributed by atoms with Crippen LogP contribution in [0.5, 0.6) is 0 Å². The number of hydrogen-bond donors (Lipinski definition) is 2. The topological polar surface area (TPSA) is 72.5 Å². The Labute approximate surface area is 176 Å². The van der Waals surface area contributed by atoms with Crippen molar-refractivity contribution in [2.24, 2.45) is 0 Å². The monoisotopic (exact) mass is 402 g/mol. The lowest BCUT2D eigenvalue weighted by molar-refractivity contribution is 0.200. The first kappa shape index (κ1) is 18.9. The van der Waals surface area contributed by atoms with Crippen LogP contribution in [0.2, 0.25) is 0 Å². The Hall–Kier alpha value is -3.12. The smallest absolute Gasteiger partial charge is 0.411 e. The summed E-state index contributed by atoms with van der Waals surface area (Å²) in [6.45, 7) is 1.61. The maximum atomic E-state index is 11.9. The number of benzene rings is 2. The van der Waals surface area contributed by atoms with E-state index in [0.29, 0.717) is 18.3 Å². The number of anilines is 1. The van der Waals surface area contributed by atoms with E-state index in [1.54, 1.807) is 0 Å². The summed E-state index contributed by atoms with van der Waals surface area (Å²) < 4.78 is 0. The zero-order valence-corrected chi connectivity index (χ0v) is 17.1. The Balaban J connectivity index is 1.35. The van der Waals surface area contributed by atoms with E-state index in [-0.39, 0.29) is 0 Å². The molecular formula is C24H26N4O2. The maximum Gasteiger partial charge on any atom is 0.411 e. The zero-order valence-electron chi connectivity index (χ0n) is 17.1. The average Bonchev–Trinajstić information content (AvgIpc) is 3.44. The van der Waals surface area contributed by atoms with Gasteiger partial charge in [0.15, 0.2) is 0 Å². The van der Waals surface area contributed by atoms with E-state index in [1.807, 2.05) is 30.3 Å². The molecule has 1 fully saturated rings. The second kappa shape index (κ2) is 7.61. The Morgan fingerprint density at radius 2 is 2.03 bits per heavy atom. The van der Waals surface area contributed by atoms with Gasteiger partial charge in [-0.15, -0.1) is 0 Å². The molecule has 2 aromatic carbocycles. The van der Waals surface area contributed by atoms with Gasteiger partial charge >= 0.3 is 6.09 Å². The predicted octanol–water partition coefficient (Wildman–Crippen LogP) is 4.62. The average molecular weight is 402 g/mol. The summed E-state index contributed by atoms with van der Waals surface area (Å²) in [6.07, 6.45) is 3.17. The number of carboxylic acid groups (broad SMARTS) is 1. The molecule has 0 bridgehead atoms. The molecule has 1 amide bonds. The molecule has 1 atom stereocenters. The van der Waals surface area contributed by atoms with Gasteiger partial charge in [0.25, 0.3) is 0 Å². The van der Waals surface area contributed by atoms with Gasteiger partial charge in [-0.05, 0) is 50.6 Å². The number of hydrogen-bond acceptors (Lipinski definition) is 3. The molecule has 0 spiro atoms. The van der Waals surface area contributed by atoms with Crippen molar-refractivity contribution in [3.63, 3.8) is 0 Å². The molecule has 5 rings (SSSR count). The number of aromatic nitrogens is 2. The molecule has 1 aliphatic heterocycles. The van der Waals surface area contributed by atoms with Crippen molar-refractivity contribution in [1.82, 2.24) is 15.1 Å². The Kier molecular flexibility index (Phi) is 4.79. The fourth-order valence-corrected chi connectivity index (χ4v) is 4.86. The van der Waals surface area contributed by atoms with Gasteiger partial charge in [0.2, 0.25) is 0 Å². The molecule has 1 aliphatic carbocycles. The molecule has 0 radical (unpaired) electrons. The molecule has 1 unspecified atom stereocenters. The lowest BCUT2D eigenvalue weighted by Crippen LogP contribution is -2.35. The van der Waals surface area contributed by atoms with Gasteiger partial charge in [-0.1, -0.05) is 36.4 Å². The Morgan fingerprint density at radius 1 is 1.23 bits per heavy atom. The van der Waals surface area contributed by atoms with E-state index >= 15 is 0 Å². The van der Waals surface area contributed by atoms with Gasteiger partial charge in [0, 0.05) is 41.4 Å². The highest BCUT2D eigenvalue weighted by Gasteiger charge is 2.26. The zero-order chi connectivity index (χ0) is 20.7. The number of H-pyrrole nitrogens is 1. The summed E-state index contributed by atoms with van der Waals surface area (Å²) in [5.74, 6) is 0. The highest BCUT2D eigenvalue weighted by Crippen LogP contribution is 2.40. The fourth-order valence-electron chi connectivity index (χ4n) is 4.86. The number of nitrogens with one attached hydrogen (secondary N) is 1. The van der Waals surface area contributed by atoms with Gasteiger partial charge in [-0.3, -0.25) is 10.00 Å². The molecule has 2 heterocycles. The largest absolute Gasteiger partial charge is 0.465 e. The quantitative estimate of drug-likeness (QED) is 0.511. The van der Waals surface area contributed by atoms with Crippen LogP contribution < -0.4 is 4.90 Å². The van der Waals surface area contributed by atoms with Crippen molar-refractivity contribution in [2.75, 3.05) is 25.0 Å². The van der Waals surface area contributed by atoms with Crippen molar-refractivity contribution in [3.05, 3.63) is 59.7 Å². The molecule has 2 N–H and O–H groups in total. The van der Waals surface area contributed by atoms with Crippen LogP contribution >= 0.6 is 0 Å². The number of amides is 1. The highest BCUT2D eigenvalue weighted by molar-refractivity contribution is 5.87. The van der Waals surface area contributed by atoms with Gasteiger partial charge < -0.3 is 10.0 Å². The van der Waals surface area contributed by atoms with Crippen molar-refractivity contribution < 1.29 is 9.90 Å². The van der Waals surface area contributed by atoms with Crippen LogP contribution in [0, 0.1) is 0 Å². The molecule has 0 saturated carbocycles. The third-order valence-electron chi connectivity index (χ3n) is 6.56. The van der Waals surface area contributed by atoms with Crippen molar-refractivity contribution in [2.45, 2.75) is 31.7 Å². The molecule has 2 aliphatic rings. The summed E-state index contributed by atoms with van der Waals surface area (Å²) in [4.78, 5) is 15.7. The minimum Gasteiger partial charge on any atom is -0.465 e. The number of fused-ring (bicyclic) bond motifs is 3. The van der Waals surface area contributed by atoms with Crippen LogP contribution in [0.4, 0.5) is 10.5 Å². The lowest BCUT2D eigenvalue weighted by Gasteiger charge is -2.24. The Morgan fingerprint density at radius 3 is 2.77 bits per heavy atom. The van der Waals surface area contributed by atoms with Crippen LogP contribution in [-0.2, 0) is 6.42 Å². The minimum atomic E-state index is -0.903. The molecule has 1 saturated heterocycles. The standard InChI is InChI=1S/C24H26N4O2/c1-27-13-4-6-18(27)12-14-28(24(29)30)19-10-8-16(9-11-19)22-21-15-17-5-2-3-7-20(17)23(21)26-25-22/h2-3,5,7-11,18H,4,6,12-15H2,1H3,(H,25,26)(H,29,30). The minimum absolute atomic E-state index is 0.472. The third kappa shape index (κ3) is 3.27. The van der Waals surface area contributed by atoms with Crippen LogP contribution in [0.25, 0.3) is 22.5 Å². The summed E-state index contributed by atoms with van der Waals surface area (Å²) >= 11 is 0. The Bertz CT molecular complexity index is 1070. The number of likely N-dealkylation sites (tertiary alicyclic amines) is 1. The van der Waals surface area contributed by atoms with Crippen LogP contribution in [0.3, 0.4) is 0 Å². The van der Waals surface area contributed by atoms with Crippen LogP contribution in [0.15, 0.2) is 48.5 Å². The van der Waals surface area contributed by atoms with Crippen molar-refractivity contribution >= 4 is 11.8 Å². The maximum absolute atomic E-state index is 11.9. The van der Waals surface area contributed by atoms with E-state index in [0.717, 1.165) is 42.8 Å². The van der Waals surface area contributed by atoms with E-state index in [4.69, 9.17) is 0 Å².